The summed E-state index contributed by atoms with van der Waals surface area (Å²) in [5.41, 5.74) is -1.19. The van der Waals surface area contributed by atoms with Gasteiger partial charge in [0.25, 0.3) is 5.56 Å². The van der Waals surface area contributed by atoms with Crippen molar-refractivity contribution in [3.63, 3.8) is 0 Å². The molecule has 1 fully saturated rings. The monoisotopic (exact) mass is 406 g/mol. The normalized spacial score (nSPS) is 19.8. The van der Waals surface area contributed by atoms with Crippen molar-refractivity contribution < 1.29 is 13.2 Å². The molecule has 4 rings (SSSR count). The predicted octanol–water partition coefficient (Wildman–Crippen LogP) is 2.23. The molecular weight excluding hydrogens is 389 g/mol. The molecule has 0 saturated heterocycles. The van der Waals surface area contributed by atoms with Crippen LogP contribution in [0.3, 0.4) is 0 Å². The number of hydrogen-bond acceptors (Lipinski definition) is 7. The van der Waals surface area contributed by atoms with Gasteiger partial charge in [0, 0.05) is 18.2 Å². The SMILES string of the molecule is O=c1ccc(-n2cncn2)nn1C1CCC(Nc2cc(C(F)(F)F)ncn2)CC1. The Labute approximate surface area is 162 Å². The van der Waals surface area contributed by atoms with Crippen LogP contribution in [-0.2, 0) is 6.18 Å². The number of alkyl halides is 3. The van der Waals surface area contributed by atoms with Crippen molar-refractivity contribution in [1.82, 2.24) is 34.5 Å². The van der Waals surface area contributed by atoms with Gasteiger partial charge < -0.3 is 5.32 Å². The Morgan fingerprint density at radius 3 is 2.55 bits per heavy atom. The van der Waals surface area contributed by atoms with E-state index in [4.69, 9.17) is 0 Å². The maximum atomic E-state index is 12.8. The molecule has 152 valence electrons. The standard InChI is InChI=1S/C17H17F3N8O/c18-17(19,20)13-7-14(23-9-22-13)25-11-1-3-12(4-2-11)28-16(29)6-5-15(26-28)27-10-21-8-24-27/h5-12H,1-4H2,(H,22,23,25). The minimum atomic E-state index is -4.51. The maximum absolute atomic E-state index is 12.8. The zero-order chi connectivity index (χ0) is 20.4. The lowest BCUT2D eigenvalue weighted by Gasteiger charge is -2.30. The van der Waals surface area contributed by atoms with Gasteiger partial charge in [-0.15, -0.1) is 5.10 Å². The molecule has 0 aliphatic heterocycles. The highest BCUT2D eigenvalue weighted by atomic mass is 19.4. The molecule has 9 nitrogen and oxygen atoms in total. The number of halogens is 3. The van der Waals surface area contributed by atoms with Crippen LogP contribution in [0.15, 0.2) is 42.0 Å². The van der Waals surface area contributed by atoms with E-state index in [1.54, 1.807) is 6.07 Å². The highest BCUT2D eigenvalue weighted by Gasteiger charge is 2.33. The fraction of sp³-hybridized carbons (Fsp3) is 0.412. The molecule has 29 heavy (non-hydrogen) atoms. The lowest BCUT2D eigenvalue weighted by Crippen LogP contribution is -2.33. The zero-order valence-corrected chi connectivity index (χ0v) is 15.1. The third-order valence-corrected chi connectivity index (χ3v) is 4.82. The van der Waals surface area contributed by atoms with Gasteiger partial charge in [0.2, 0.25) is 0 Å². The highest BCUT2D eigenvalue weighted by Crippen LogP contribution is 2.31. The van der Waals surface area contributed by atoms with E-state index in [0.29, 0.717) is 31.5 Å². The molecule has 3 heterocycles. The van der Waals surface area contributed by atoms with Gasteiger partial charge in [-0.3, -0.25) is 4.79 Å². The summed E-state index contributed by atoms with van der Waals surface area (Å²) in [4.78, 5) is 23.3. The van der Waals surface area contributed by atoms with E-state index in [9.17, 15) is 18.0 Å². The third kappa shape index (κ3) is 4.25. The molecule has 1 N–H and O–H groups in total. The molecule has 0 unspecified atom stereocenters. The zero-order valence-electron chi connectivity index (χ0n) is 15.1. The highest BCUT2D eigenvalue weighted by molar-refractivity contribution is 5.36. The average Bonchev–Trinajstić information content (AvgIpc) is 3.24. The van der Waals surface area contributed by atoms with Gasteiger partial charge in [0.05, 0.1) is 6.04 Å². The van der Waals surface area contributed by atoms with Crippen LogP contribution in [0, 0.1) is 0 Å². The van der Waals surface area contributed by atoms with Crippen molar-refractivity contribution in [1.29, 1.82) is 0 Å². The minimum Gasteiger partial charge on any atom is -0.367 e. The Morgan fingerprint density at radius 2 is 1.86 bits per heavy atom. The van der Waals surface area contributed by atoms with Crippen molar-refractivity contribution in [3.8, 4) is 5.82 Å². The quantitative estimate of drug-likeness (QED) is 0.709. The molecule has 0 amide bonds. The van der Waals surface area contributed by atoms with E-state index in [1.807, 2.05) is 0 Å². The first kappa shape index (κ1) is 19.0. The first-order chi connectivity index (χ1) is 13.9. The Bertz CT molecular complexity index is 1030. The summed E-state index contributed by atoms with van der Waals surface area (Å²) in [5, 5.41) is 11.4. The molecule has 0 aromatic carbocycles. The van der Waals surface area contributed by atoms with Gasteiger partial charge in [0.1, 0.15) is 30.5 Å². The van der Waals surface area contributed by atoms with Gasteiger partial charge in [-0.25, -0.2) is 24.3 Å². The molecule has 1 saturated carbocycles. The van der Waals surface area contributed by atoms with Gasteiger partial charge in [-0.1, -0.05) is 0 Å². The Hall–Kier alpha value is -3.31. The van der Waals surface area contributed by atoms with Gasteiger partial charge in [-0.05, 0) is 31.7 Å². The van der Waals surface area contributed by atoms with Crippen LogP contribution in [0.5, 0.6) is 0 Å². The van der Waals surface area contributed by atoms with Gasteiger partial charge in [0.15, 0.2) is 5.82 Å². The smallest absolute Gasteiger partial charge is 0.367 e. The lowest BCUT2D eigenvalue weighted by atomic mass is 9.91. The maximum Gasteiger partial charge on any atom is 0.433 e. The molecule has 3 aromatic heterocycles. The van der Waals surface area contributed by atoms with E-state index < -0.39 is 11.9 Å². The largest absolute Gasteiger partial charge is 0.433 e. The Balaban J connectivity index is 1.43. The summed E-state index contributed by atoms with van der Waals surface area (Å²) in [6.07, 6.45) is 1.90. The Morgan fingerprint density at radius 1 is 1.07 bits per heavy atom. The number of nitrogens with one attached hydrogen (secondary N) is 1. The summed E-state index contributed by atoms with van der Waals surface area (Å²) in [6.45, 7) is 0. The van der Waals surface area contributed by atoms with Crippen molar-refractivity contribution in [3.05, 3.63) is 53.2 Å². The topological polar surface area (TPSA) is 103 Å². The van der Waals surface area contributed by atoms with Crippen LogP contribution in [0.2, 0.25) is 0 Å². The summed E-state index contributed by atoms with van der Waals surface area (Å²) >= 11 is 0. The average molecular weight is 406 g/mol. The van der Waals surface area contributed by atoms with Crippen LogP contribution in [0.4, 0.5) is 19.0 Å². The second-order valence-corrected chi connectivity index (χ2v) is 6.75. The molecule has 1 aliphatic rings. The molecule has 12 heteroatoms. The van der Waals surface area contributed by atoms with Crippen LogP contribution in [0.1, 0.15) is 37.4 Å². The molecule has 0 atom stereocenters. The van der Waals surface area contributed by atoms with Crippen LogP contribution in [-0.4, -0.2) is 40.6 Å². The van der Waals surface area contributed by atoms with Gasteiger partial charge >= 0.3 is 6.18 Å². The van der Waals surface area contributed by atoms with E-state index in [-0.39, 0.29) is 23.5 Å². The van der Waals surface area contributed by atoms with E-state index in [2.05, 4.69) is 30.5 Å². The van der Waals surface area contributed by atoms with Crippen molar-refractivity contribution >= 4 is 5.82 Å². The summed E-state index contributed by atoms with van der Waals surface area (Å²) in [5.74, 6) is 0.627. The summed E-state index contributed by atoms with van der Waals surface area (Å²) in [7, 11) is 0. The predicted molar refractivity (Wildman–Crippen MR) is 95.4 cm³/mol. The van der Waals surface area contributed by atoms with E-state index in [0.717, 1.165) is 12.4 Å². The van der Waals surface area contributed by atoms with Crippen LogP contribution in [0.25, 0.3) is 5.82 Å². The molecule has 0 bridgehead atoms. The summed E-state index contributed by atoms with van der Waals surface area (Å²) < 4.78 is 41.3. The van der Waals surface area contributed by atoms with Crippen molar-refractivity contribution in [2.75, 3.05) is 5.32 Å². The number of anilines is 1. The van der Waals surface area contributed by atoms with Crippen molar-refractivity contribution in [2.24, 2.45) is 0 Å². The molecule has 0 radical (unpaired) electrons. The lowest BCUT2D eigenvalue weighted by molar-refractivity contribution is -0.141. The van der Waals surface area contributed by atoms with E-state index >= 15 is 0 Å². The number of rotatable bonds is 4. The molecule has 0 spiro atoms. The summed E-state index contributed by atoms with van der Waals surface area (Å²) in [6, 6.07) is 3.78. The molecular formula is C17H17F3N8O. The first-order valence-corrected chi connectivity index (χ1v) is 9.01. The minimum absolute atomic E-state index is 0.0450. The van der Waals surface area contributed by atoms with Gasteiger partial charge in [-0.2, -0.15) is 18.3 Å². The number of hydrogen-bond donors (Lipinski definition) is 1. The Kier molecular flexibility index (Phi) is 4.99. The van der Waals surface area contributed by atoms with E-state index in [1.165, 1.54) is 28.1 Å². The second kappa shape index (κ2) is 7.60. The fourth-order valence-electron chi connectivity index (χ4n) is 3.39. The van der Waals surface area contributed by atoms with Crippen LogP contribution < -0.4 is 10.9 Å². The fourth-order valence-corrected chi connectivity index (χ4v) is 3.39. The third-order valence-electron chi connectivity index (χ3n) is 4.82. The second-order valence-electron chi connectivity index (χ2n) is 6.75. The number of aromatic nitrogens is 7. The molecule has 3 aromatic rings. The molecule has 1 aliphatic carbocycles. The van der Waals surface area contributed by atoms with Crippen molar-refractivity contribution in [2.45, 2.75) is 43.9 Å². The van der Waals surface area contributed by atoms with Crippen LogP contribution >= 0.6 is 0 Å². The first-order valence-electron chi connectivity index (χ1n) is 9.01. The number of nitrogens with zero attached hydrogens (tertiary/aromatic N) is 7.